The first-order valence-corrected chi connectivity index (χ1v) is 7.04. The lowest BCUT2D eigenvalue weighted by Crippen LogP contribution is -2.48. The van der Waals surface area contributed by atoms with Crippen LogP contribution in [0.4, 0.5) is 0 Å². The van der Waals surface area contributed by atoms with E-state index in [4.69, 9.17) is 28.9 Å². The number of amides is 1. The summed E-state index contributed by atoms with van der Waals surface area (Å²) in [5.41, 5.74) is 6.30. The molecule has 1 aromatic rings. The molecule has 0 aromatic heterocycles. The minimum atomic E-state index is -0.347. The van der Waals surface area contributed by atoms with E-state index in [9.17, 15) is 4.79 Å². The Balaban J connectivity index is 2.38. The molecule has 0 saturated carbocycles. The molecule has 3 N–H and O–H groups in total. The van der Waals surface area contributed by atoms with Crippen LogP contribution in [-0.4, -0.2) is 18.0 Å². The van der Waals surface area contributed by atoms with Crippen molar-refractivity contribution in [3.05, 3.63) is 33.8 Å². The fraction of sp³-hybridized carbons (Fsp3) is 0.500. The van der Waals surface area contributed by atoms with E-state index in [1.54, 1.807) is 6.07 Å². The minimum absolute atomic E-state index is 0.0236. The molecule has 1 rings (SSSR count). The molecule has 1 aromatic carbocycles. The molecule has 0 bridgehead atoms. The fourth-order valence-corrected chi connectivity index (χ4v) is 1.96. The average Bonchev–Trinajstić information content (AvgIpc) is 2.33. The quantitative estimate of drug-likeness (QED) is 0.848. The van der Waals surface area contributed by atoms with Crippen LogP contribution in [0.15, 0.2) is 18.2 Å². The van der Waals surface area contributed by atoms with Crippen molar-refractivity contribution >= 4 is 29.1 Å². The number of hydrogen-bond donors (Lipinski definition) is 2. The smallest absolute Gasteiger partial charge is 0.220 e. The lowest BCUT2D eigenvalue weighted by atomic mass is 10.0. The Morgan fingerprint density at radius 3 is 2.58 bits per heavy atom. The summed E-state index contributed by atoms with van der Waals surface area (Å²) < 4.78 is 0. The van der Waals surface area contributed by atoms with Gasteiger partial charge < -0.3 is 11.1 Å². The first-order valence-electron chi connectivity index (χ1n) is 6.29. The number of nitrogens with two attached hydrogens (primary N) is 1. The Morgan fingerprint density at radius 2 is 2.00 bits per heavy atom. The van der Waals surface area contributed by atoms with Gasteiger partial charge in [-0.25, -0.2) is 0 Å². The normalized spacial score (nSPS) is 11.4. The molecule has 5 heteroatoms. The van der Waals surface area contributed by atoms with Crippen molar-refractivity contribution in [2.45, 2.75) is 38.6 Å². The van der Waals surface area contributed by atoms with Gasteiger partial charge in [-0.1, -0.05) is 29.3 Å². The minimum Gasteiger partial charge on any atom is -0.350 e. The van der Waals surface area contributed by atoms with Gasteiger partial charge >= 0.3 is 0 Å². The van der Waals surface area contributed by atoms with Gasteiger partial charge in [-0.15, -0.1) is 0 Å². The summed E-state index contributed by atoms with van der Waals surface area (Å²) in [6.45, 7) is 4.24. The molecule has 0 aliphatic carbocycles. The molecule has 106 valence electrons. The number of carbonyl (C=O) groups excluding carboxylic acids is 1. The van der Waals surface area contributed by atoms with E-state index < -0.39 is 0 Å². The second-order valence-corrected chi connectivity index (χ2v) is 6.05. The van der Waals surface area contributed by atoms with Gasteiger partial charge in [-0.2, -0.15) is 0 Å². The van der Waals surface area contributed by atoms with Crippen LogP contribution in [-0.2, 0) is 11.2 Å². The van der Waals surface area contributed by atoms with E-state index >= 15 is 0 Å². The number of rotatable bonds is 6. The first kappa shape index (κ1) is 16.3. The van der Waals surface area contributed by atoms with Crippen molar-refractivity contribution in [2.24, 2.45) is 5.73 Å². The molecule has 3 nitrogen and oxygen atoms in total. The van der Waals surface area contributed by atoms with Gasteiger partial charge in [0.05, 0.1) is 10.0 Å². The Morgan fingerprint density at radius 1 is 1.32 bits per heavy atom. The zero-order valence-electron chi connectivity index (χ0n) is 11.3. The number of nitrogens with one attached hydrogen (secondary N) is 1. The van der Waals surface area contributed by atoms with Gasteiger partial charge in [0, 0.05) is 18.5 Å². The maximum atomic E-state index is 11.7. The van der Waals surface area contributed by atoms with Crippen molar-refractivity contribution in [1.29, 1.82) is 0 Å². The third kappa shape index (κ3) is 5.81. The maximum absolute atomic E-state index is 11.7. The van der Waals surface area contributed by atoms with E-state index in [0.717, 1.165) is 18.4 Å². The van der Waals surface area contributed by atoms with Crippen LogP contribution in [0.3, 0.4) is 0 Å². The third-order valence-corrected chi connectivity index (χ3v) is 3.58. The summed E-state index contributed by atoms with van der Waals surface area (Å²) in [6.07, 6.45) is 2.04. The predicted molar refractivity (Wildman–Crippen MR) is 80.7 cm³/mol. The summed E-state index contributed by atoms with van der Waals surface area (Å²) in [4.78, 5) is 11.7. The highest BCUT2D eigenvalue weighted by Gasteiger charge is 2.17. The fourth-order valence-electron chi connectivity index (χ4n) is 1.64. The molecular formula is C14H20Cl2N2O. The van der Waals surface area contributed by atoms with Crippen LogP contribution >= 0.6 is 23.2 Å². The predicted octanol–water partition coefficient (Wildman–Crippen LogP) is 3.17. The molecular weight excluding hydrogens is 283 g/mol. The summed E-state index contributed by atoms with van der Waals surface area (Å²) >= 11 is 11.8. The van der Waals surface area contributed by atoms with E-state index in [0.29, 0.717) is 23.0 Å². The van der Waals surface area contributed by atoms with Crippen LogP contribution in [0.2, 0.25) is 10.0 Å². The van der Waals surface area contributed by atoms with Gasteiger partial charge in [-0.3, -0.25) is 4.79 Å². The zero-order valence-corrected chi connectivity index (χ0v) is 12.8. The summed E-state index contributed by atoms with van der Waals surface area (Å²) in [5.74, 6) is 0.0236. The van der Waals surface area contributed by atoms with Gasteiger partial charge in [-0.05, 0) is 44.4 Å². The summed E-state index contributed by atoms with van der Waals surface area (Å²) in [5, 5.41) is 4.00. The van der Waals surface area contributed by atoms with E-state index in [1.165, 1.54) is 0 Å². The Kier molecular flexibility index (Phi) is 6.11. The molecule has 0 aliphatic heterocycles. The SMILES string of the molecule is CC(C)(CN)NC(=O)CCCc1ccc(Cl)c(Cl)c1. The summed E-state index contributed by atoms with van der Waals surface area (Å²) in [6, 6.07) is 5.54. The largest absolute Gasteiger partial charge is 0.350 e. The van der Waals surface area contributed by atoms with Gasteiger partial charge in [0.1, 0.15) is 0 Å². The molecule has 0 spiro atoms. The van der Waals surface area contributed by atoms with Crippen LogP contribution in [0, 0.1) is 0 Å². The van der Waals surface area contributed by atoms with Crippen LogP contribution in [0.5, 0.6) is 0 Å². The van der Waals surface area contributed by atoms with Crippen molar-refractivity contribution in [1.82, 2.24) is 5.32 Å². The molecule has 1 amide bonds. The van der Waals surface area contributed by atoms with Crippen LogP contribution in [0.25, 0.3) is 0 Å². The molecule has 0 saturated heterocycles. The maximum Gasteiger partial charge on any atom is 0.220 e. The van der Waals surface area contributed by atoms with E-state index in [-0.39, 0.29) is 11.4 Å². The van der Waals surface area contributed by atoms with Gasteiger partial charge in [0.2, 0.25) is 5.91 Å². The standard InChI is InChI=1S/C14H20Cl2N2O/c1-14(2,9-17)18-13(19)5-3-4-10-6-7-11(15)12(16)8-10/h6-8H,3-5,9,17H2,1-2H3,(H,18,19). The van der Waals surface area contributed by atoms with E-state index in [1.807, 2.05) is 26.0 Å². The van der Waals surface area contributed by atoms with Crippen LogP contribution < -0.4 is 11.1 Å². The van der Waals surface area contributed by atoms with E-state index in [2.05, 4.69) is 5.32 Å². The van der Waals surface area contributed by atoms with Crippen molar-refractivity contribution < 1.29 is 4.79 Å². The zero-order chi connectivity index (χ0) is 14.5. The molecule has 0 radical (unpaired) electrons. The molecule has 0 heterocycles. The number of carbonyl (C=O) groups is 1. The third-order valence-electron chi connectivity index (χ3n) is 2.84. The number of halogens is 2. The molecule has 0 atom stereocenters. The highest BCUT2D eigenvalue weighted by Crippen LogP contribution is 2.23. The highest BCUT2D eigenvalue weighted by atomic mass is 35.5. The monoisotopic (exact) mass is 302 g/mol. The Bertz CT molecular complexity index is 447. The molecule has 19 heavy (non-hydrogen) atoms. The van der Waals surface area contributed by atoms with Gasteiger partial charge in [0.25, 0.3) is 0 Å². The number of hydrogen-bond acceptors (Lipinski definition) is 2. The lowest BCUT2D eigenvalue weighted by Gasteiger charge is -2.24. The first-order chi connectivity index (χ1) is 8.84. The molecule has 0 unspecified atom stereocenters. The topological polar surface area (TPSA) is 55.1 Å². The Labute approximate surface area is 124 Å². The van der Waals surface area contributed by atoms with Crippen LogP contribution in [0.1, 0.15) is 32.3 Å². The summed E-state index contributed by atoms with van der Waals surface area (Å²) in [7, 11) is 0. The number of benzene rings is 1. The van der Waals surface area contributed by atoms with Crippen molar-refractivity contribution in [3.8, 4) is 0 Å². The second-order valence-electron chi connectivity index (χ2n) is 5.24. The average molecular weight is 303 g/mol. The highest BCUT2D eigenvalue weighted by molar-refractivity contribution is 6.42. The number of aryl methyl sites for hydroxylation is 1. The molecule has 0 aliphatic rings. The van der Waals surface area contributed by atoms with Gasteiger partial charge in [0.15, 0.2) is 0 Å². The van der Waals surface area contributed by atoms with Crippen molar-refractivity contribution in [3.63, 3.8) is 0 Å². The second kappa shape index (κ2) is 7.13. The molecule has 0 fully saturated rings. The van der Waals surface area contributed by atoms with Crippen molar-refractivity contribution in [2.75, 3.05) is 6.54 Å². The Hall–Kier alpha value is -0.770. The lowest BCUT2D eigenvalue weighted by molar-refractivity contribution is -0.122.